The van der Waals surface area contributed by atoms with Gasteiger partial charge in [0.15, 0.2) is 0 Å². The van der Waals surface area contributed by atoms with Gasteiger partial charge in [-0.05, 0) is 63.1 Å². The Morgan fingerprint density at radius 2 is 1.78 bits per heavy atom. The molecule has 0 bridgehead atoms. The largest absolute Gasteiger partial charge is 0.317 e. The van der Waals surface area contributed by atoms with Crippen molar-refractivity contribution in [3.05, 3.63) is 0 Å². The Morgan fingerprint density at radius 1 is 1.06 bits per heavy atom. The lowest BCUT2D eigenvalue weighted by molar-refractivity contribution is 0.0752. The van der Waals surface area contributed by atoms with Crippen molar-refractivity contribution in [3.8, 4) is 0 Å². The van der Waals surface area contributed by atoms with Gasteiger partial charge in [-0.25, -0.2) is 0 Å². The maximum absolute atomic E-state index is 3.48. The van der Waals surface area contributed by atoms with Crippen LogP contribution in [-0.2, 0) is 0 Å². The first kappa shape index (κ1) is 14.3. The molecular formula is C16H32N2. The summed E-state index contributed by atoms with van der Waals surface area (Å²) in [6.07, 6.45) is 7.08. The van der Waals surface area contributed by atoms with Crippen molar-refractivity contribution in [2.24, 2.45) is 17.8 Å². The molecule has 2 rings (SSSR count). The first-order valence-electron chi connectivity index (χ1n) is 8.15. The van der Waals surface area contributed by atoms with Crippen LogP contribution in [0.5, 0.6) is 0 Å². The van der Waals surface area contributed by atoms with Gasteiger partial charge in [0, 0.05) is 12.6 Å². The zero-order valence-corrected chi connectivity index (χ0v) is 12.6. The highest BCUT2D eigenvalue weighted by molar-refractivity contribution is 4.85. The summed E-state index contributed by atoms with van der Waals surface area (Å²) in [6, 6.07) is 0.855. The normalized spacial score (nSPS) is 35.0. The van der Waals surface area contributed by atoms with Crippen LogP contribution < -0.4 is 5.32 Å². The lowest BCUT2D eigenvalue weighted by atomic mass is 9.79. The molecule has 3 atom stereocenters. The first-order valence-corrected chi connectivity index (χ1v) is 8.15. The Labute approximate surface area is 114 Å². The van der Waals surface area contributed by atoms with E-state index in [1.54, 1.807) is 0 Å². The van der Waals surface area contributed by atoms with Crippen molar-refractivity contribution in [1.82, 2.24) is 10.2 Å². The van der Waals surface area contributed by atoms with Gasteiger partial charge in [-0.1, -0.05) is 27.2 Å². The molecule has 0 aromatic carbocycles. The summed E-state index contributed by atoms with van der Waals surface area (Å²) in [5.74, 6) is 2.78. The van der Waals surface area contributed by atoms with E-state index in [1.165, 1.54) is 58.3 Å². The molecule has 1 N–H and O–H groups in total. The SMILES string of the molecule is CCN(CC1CCNCC1)C1CC(C)CCC1C. The second-order valence-corrected chi connectivity index (χ2v) is 6.74. The average Bonchev–Trinajstić information content (AvgIpc) is 2.40. The minimum absolute atomic E-state index is 0.855. The molecule has 3 unspecified atom stereocenters. The fourth-order valence-corrected chi connectivity index (χ4v) is 3.91. The highest BCUT2D eigenvalue weighted by atomic mass is 15.2. The molecule has 1 heterocycles. The second kappa shape index (κ2) is 6.91. The Balaban J connectivity index is 1.89. The standard InChI is InChI=1S/C16H32N2/c1-4-18(12-15-7-9-17-10-8-15)16-11-13(2)5-6-14(16)3/h13-17H,4-12H2,1-3H3. The van der Waals surface area contributed by atoms with Crippen LogP contribution in [0.1, 0.15) is 52.9 Å². The zero-order chi connectivity index (χ0) is 13.0. The van der Waals surface area contributed by atoms with Crippen LogP contribution in [0.3, 0.4) is 0 Å². The molecule has 2 fully saturated rings. The van der Waals surface area contributed by atoms with Crippen molar-refractivity contribution in [2.75, 3.05) is 26.2 Å². The van der Waals surface area contributed by atoms with E-state index >= 15 is 0 Å². The van der Waals surface area contributed by atoms with Crippen LogP contribution in [-0.4, -0.2) is 37.1 Å². The van der Waals surface area contributed by atoms with Crippen molar-refractivity contribution in [1.29, 1.82) is 0 Å². The average molecular weight is 252 g/mol. The molecule has 1 aliphatic heterocycles. The summed E-state index contributed by atoms with van der Waals surface area (Å²) in [4.78, 5) is 2.80. The number of piperidine rings is 1. The maximum Gasteiger partial charge on any atom is 0.0123 e. The van der Waals surface area contributed by atoms with Crippen LogP contribution in [0.25, 0.3) is 0 Å². The molecule has 1 saturated heterocycles. The summed E-state index contributed by atoms with van der Waals surface area (Å²) < 4.78 is 0. The lowest BCUT2D eigenvalue weighted by Crippen LogP contribution is -2.46. The molecule has 2 nitrogen and oxygen atoms in total. The Hall–Kier alpha value is -0.0800. The fourth-order valence-electron chi connectivity index (χ4n) is 3.91. The predicted molar refractivity (Wildman–Crippen MR) is 78.8 cm³/mol. The van der Waals surface area contributed by atoms with Crippen LogP contribution in [0.15, 0.2) is 0 Å². The molecule has 1 aliphatic carbocycles. The van der Waals surface area contributed by atoms with Crippen molar-refractivity contribution in [3.63, 3.8) is 0 Å². The van der Waals surface area contributed by atoms with Gasteiger partial charge in [0.1, 0.15) is 0 Å². The molecule has 1 saturated carbocycles. The minimum Gasteiger partial charge on any atom is -0.317 e. The maximum atomic E-state index is 3.48. The number of hydrogen-bond acceptors (Lipinski definition) is 2. The summed E-state index contributed by atoms with van der Waals surface area (Å²) in [5, 5.41) is 3.48. The van der Waals surface area contributed by atoms with Gasteiger partial charge in [0.05, 0.1) is 0 Å². The van der Waals surface area contributed by atoms with Crippen molar-refractivity contribution < 1.29 is 0 Å². The third kappa shape index (κ3) is 3.71. The summed E-state index contributed by atoms with van der Waals surface area (Å²) in [7, 11) is 0. The quantitative estimate of drug-likeness (QED) is 0.827. The molecular weight excluding hydrogens is 220 g/mol. The highest BCUT2D eigenvalue weighted by Gasteiger charge is 2.30. The molecule has 0 radical (unpaired) electrons. The van der Waals surface area contributed by atoms with Crippen molar-refractivity contribution >= 4 is 0 Å². The smallest absolute Gasteiger partial charge is 0.0123 e. The topological polar surface area (TPSA) is 15.3 Å². The summed E-state index contributed by atoms with van der Waals surface area (Å²) in [6.45, 7) is 12.3. The summed E-state index contributed by atoms with van der Waals surface area (Å²) in [5.41, 5.74) is 0. The number of hydrogen-bond donors (Lipinski definition) is 1. The molecule has 2 heteroatoms. The van der Waals surface area contributed by atoms with Crippen LogP contribution in [0.4, 0.5) is 0 Å². The highest BCUT2D eigenvalue weighted by Crippen LogP contribution is 2.32. The van der Waals surface area contributed by atoms with Gasteiger partial charge in [0.25, 0.3) is 0 Å². The van der Waals surface area contributed by atoms with Crippen LogP contribution in [0.2, 0.25) is 0 Å². The monoisotopic (exact) mass is 252 g/mol. The van der Waals surface area contributed by atoms with E-state index in [9.17, 15) is 0 Å². The third-order valence-electron chi connectivity index (χ3n) is 5.24. The molecule has 2 aliphatic rings. The number of rotatable bonds is 4. The van der Waals surface area contributed by atoms with Gasteiger partial charge < -0.3 is 10.2 Å². The van der Waals surface area contributed by atoms with Gasteiger partial charge in [-0.2, -0.15) is 0 Å². The van der Waals surface area contributed by atoms with E-state index in [0.29, 0.717) is 0 Å². The van der Waals surface area contributed by atoms with Gasteiger partial charge >= 0.3 is 0 Å². The molecule has 0 aromatic heterocycles. The van der Waals surface area contributed by atoms with E-state index in [2.05, 4.69) is 31.0 Å². The lowest BCUT2D eigenvalue weighted by Gasteiger charge is -2.42. The van der Waals surface area contributed by atoms with Crippen LogP contribution in [0, 0.1) is 17.8 Å². The molecule has 0 amide bonds. The van der Waals surface area contributed by atoms with Crippen LogP contribution >= 0.6 is 0 Å². The zero-order valence-electron chi connectivity index (χ0n) is 12.6. The molecule has 0 aromatic rings. The van der Waals surface area contributed by atoms with E-state index in [1.807, 2.05) is 0 Å². The Bertz CT molecular complexity index is 235. The third-order valence-corrected chi connectivity index (χ3v) is 5.24. The molecule has 0 spiro atoms. The first-order chi connectivity index (χ1) is 8.70. The van der Waals surface area contributed by atoms with E-state index in [4.69, 9.17) is 0 Å². The Kier molecular flexibility index (Phi) is 5.50. The number of nitrogens with one attached hydrogen (secondary N) is 1. The van der Waals surface area contributed by atoms with E-state index < -0.39 is 0 Å². The molecule has 18 heavy (non-hydrogen) atoms. The van der Waals surface area contributed by atoms with Crippen molar-refractivity contribution in [2.45, 2.75) is 58.9 Å². The predicted octanol–water partition coefficient (Wildman–Crippen LogP) is 3.13. The molecule has 106 valence electrons. The minimum atomic E-state index is 0.855. The van der Waals surface area contributed by atoms with E-state index in [0.717, 1.165) is 23.8 Å². The fraction of sp³-hybridized carbons (Fsp3) is 1.00. The van der Waals surface area contributed by atoms with Gasteiger partial charge in [0.2, 0.25) is 0 Å². The number of nitrogens with zero attached hydrogens (tertiary/aromatic N) is 1. The Morgan fingerprint density at radius 3 is 2.44 bits per heavy atom. The summed E-state index contributed by atoms with van der Waals surface area (Å²) >= 11 is 0. The van der Waals surface area contributed by atoms with Gasteiger partial charge in [-0.15, -0.1) is 0 Å². The van der Waals surface area contributed by atoms with E-state index in [-0.39, 0.29) is 0 Å². The second-order valence-electron chi connectivity index (χ2n) is 6.74. The van der Waals surface area contributed by atoms with Gasteiger partial charge in [-0.3, -0.25) is 0 Å².